The van der Waals surface area contributed by atoms with Crippen LogP contribution in [0.4, 0.5) is 0 Å². The van der Waals surface area contributed by atoms with Crippen molar-refractivity contribution in [3.8, 4) is 0 Å². The first kappa shape index (κ1) is 15.4. The Morgan fingerprint density at radius 1 is 1.08 bits per heavy atom. The summed E-state index contributed by atoms with van der Waals surface area (Å²) in [6.07, 6.45) is 4.35. The van der Waals surface area contributed by atoms with E-state index < -0.39 is 0 Å². The van der Waals surface area contributed by atoms with Crippen molar-refractivity contribution in [3.05, 3.63) is 0 Å². The Morgan fingerprint density at radius 3 is 1.92 bits per heavy atom. The molecule has 13 heavy (non-hydrogen) atoms. The highest BCUT2D eigenvalue weighted by Gasteiger charge is 2.21. The van der Waals surface area contributed by atoms with Crippen LogP contribution in [0.15, 0.2) is 0 Å². The van der Waals surface area contributed by atoms with E-state index in [1.165, 1.54) is 25.8 Å². The second-order valence-electron chi connectivity index (χ2n) is 3.23. The van der Waals surface area contributed by atoms with Gasteiger partial charge in [0, 0.05) is 0 Å². The van der Waals surface area contributed by atoms with Crippen LogP contribution in [0, 0.1) is 11.8 Å². The van der Waals surface area contributed by atoms with Crippen LogP contribution in [-0.2, 0) is 0 Å². The highest BCUT2D eigenvalue weighted by molar-refractivity contribution is 4.74. The predicted molar refractivity (Wildman–Crippen MR) is 63.1 cm³/mol. The van der Waals surface area contributed by atoms with E-state index in [2.05, 4.69) is 12.2 Å². The summed E-state index contributed by atoms with van der Waals surface area (Å²) in [7, 11) is 2.05. The summed E-state index contributed by atoms with van der Waals surface area (Å²) in [5.41, 5.74) is 0. The van der Waals surface area contributed by atoms with E-state index in [1.54, 1.807) is 0 Å². The fourth-order valence-corrected chi connectivity index (χ4v) is 1.79. The summed E-state index contributed by atoms with van der Waals surface area (Å²) in [6.45, 7) is 11.6. The third-order valence-electron chi connectivity index (χ3n) is 2.51. The Kier molecular flexibility index (Phi) is 14.2. The average Bonchev–Trinajstić information content (AvgIpc) is 2.60. The normalized spacial score (nSPS) is 25.4. The van der Waals surface area contributed by atoms with Crippen molar-refractivity contribution < 1.29 is 0 Å². The summed E-state index contributed by atoms with van der Waals surface area (Å²) in [5, 5.41) is 3.24. The first-order valence-corrected chi connectivity index (χ1v) is 5.99. The van der Waals surface area contributed by atoms with Crippen molar-refractivity contribution in [3.63, 3.8) is 0 Å². The number of hydrogen-bond donors (Lipinski definition) is 1. The molecule has 1 heteroatoms. The Labute approximate surface area is 85.3 Å². The minimum atomic E-state index is 0.968. The van der Waals surface area contributed by atoms with Crippen LogP contribution < -0.4 is 5.32 Å². The van der Waals surface area contributed by atoms with Gasteiger partial charge in [0.2, 0.25) is 0 Å². The maximum absolute atomic E-state index is 3.24. The third-order valence-corrected chi connectivity index (χ3v) is 2.51. The molecule has 1 nitrogen and oxygen atoms in total. The standard InChI is InChI=1S/C8H17N.2C2H6/c1-7-4-3-5-8(7)6-9-2;2*1-2/h7-9H,3-6H2,1-2H3;2*1-2H3. The van der Waals surface area contributed by atoms with Crippen molar-refractivity contribution >= 4 is 0 Å². The Hall–Kier alpha value is -0.0400. The minimum Gasteiger partial charge on any atom is -0.319 e. The van der Waals surface area contributed by atoms with Crippen LogP contribution in [0.3, 0.4) is 0 Å². The molecule has 1 fully saturated rings. The maximum atomic E-state index is 3.24. The van der Waals surface area contributed by atoms with Gasteiger partial charge in [0.15, 0.2) is 0 Å². The zero-order valence-corrected chi connectivity index (χ0v) is 10.5. The average molecular weight is 187 g/mol. The molecule has 1 rings (SSSR count). The lowest BCUT2D eigenvalue weighted by Crippen LogP contribution is -2.20. The van der Waals surface area contributed by atoms with Crippen molar-refractivity contribution in [1.82, 2.24) is 5.32 Å². The van der Waals surface area contributed by atoms with E-state index in [9.17, 15) is 0 Å². The van der Waals surface area contributed by atoms with E-state index in [0.717, 1.165) is 11.8 Å². The molecule has 1 saturated carbocycles. The van der Waals surface area contributed by atoms with E-state index in [4.69, 9.17) is 0 Å². The molecule has 0 heterocycles. The Bertz CT molecular complexity index is 81.2. The zero-order valence-electron chi connectivity index (χ0n) is 10.5. The van der Waals surface area contributed by atoms with Gasteiger partial charge < -0.3 is 5.32 Å². The lowest BCUT2D eigenvalue weighted by atomic mass is 9.98. The first-order valence-electron chi connectivity index (χ1n) is 5.99. The van der Waals surface area contributed by atoms with Gasteiger partial charge >= 0.3 is 0 Å². The van der Waals surface area contributed by atoms with Gasteiger partial charge in [-0.15, -0.1) is 0 Å². The number of nitrogens with one attached hydrogen (secondary N) is 1. The summed E-state index contributed by atoms with van der Waals surface area (Å²) >= 11 is 0. The lowest BCUT2D eigenvalue weighted by molar-refractivity contribution is 0.405. The summed E-state index contributed by atoms with van der Waals surface area (Å²) in [4.78, 5) is 0. The number of rotatable bonds is 2. The molecule has 1 aliphatic rings. The monoisotopic (exact) mass is 187 g/mol. The maximum Gasteiger partial charge on any atom is -0.00210 e. The van der Waals surface area contributed by atoms with E-state index in [-0.39, 0.29) is 0 Å². The minimum absolute atomic E-state index is 0.968. The van der Waals surface area contributed by atoms with E-state index in [0.29, 0.717) is 0 Å². The van der Waals surface area contributed by atoms with Crippen molar-refractivity contribution in [1.29, 1.82) is 0 Å². The van der Waals surface area contributed by atoms with Gasteiger partial charge in [0.25, 0.3) is 0 Å². The van der Waals surface area contributed by atoms with Crippen LogP contribution in [0.5, 0.6) is 0 Å². The molecule has 0 saturated heterocycles. The van der Waals surface area contributed by atoms with Crippen molar-refractivity contribution in [2.24, 2.45) is 11.8 Å². The van der Waals surface area contributed by atoms with Gasteiger partial charge in [-0.1, -0.05) is 47.5 Å². The molecule has 1 aliphatic carbocycles. The molecule has 0 radical (unpaired) electrons. The van der Waals surface area contributed by atoms with Crippen LogP contribution in [0.2, 0.25) is 0 Å². The molecule has 2 unspecified atom stereocenters. The quantitative estimate of drug-likeness (QED) is 0.695. The van der Waals surface area contributed by atoms with Crippen molar-refractivity contribution in [2.45, 2.75) is 53.9 Å². The van der Waals surface area contributed by atoms with Gasteiger partial charge in [0.05, 0.1) is 0 Å². The molecule has 2 atom stereocenters. The van der Waals surface area contributed by atoms with Gasteiger partial charge in [-0.2, -0.15) is 0 Å². The molecule has 0 aromatic rings. The van der Waals surface area contributed by atoms with E-state index >= 15 is 0 Å². The Balaban J connectivity index is 0. The second kappa shape index (κ2) is 12.0. The van der Waals surface area contributed by atoms with Crippen molar-refractivity contribution in [2.75, 3.05) is 13.6 Å². The first-order chi connectivity index (χ1) is 6.34. The summed E-state index contributed by atoms with van der Waals surface area (Å²) < 4.78 is 0. The summed E-state index contributed by atoms with van der Waals surface area (Å²) in [5.74, 6) is 1.94. The van der Waals surface area contributed by atoms with Crippen LogP contribution in [-0.4, -0.2) is 13.6 Å². The smallest absolute Gasteiger partial charge is 0.00210 e. The lowest BCUT2D eigenvalue weighted by Gasteiger charge is -2.13. The van der Waals surface area contributed by atoms with Gasteiger partial charge in [-0.3, -0.25) is 0 Å². The molecule has 0 aromatic heterocycles. The zero-order chi connectivity index (χ0) is 10.7. The van der Waals surface area contributed by atoms with E-state index in [1.807, 2.05) is 34.7 Å². The molecule has 0 aromatic carbocycles. The molecule has 0 bridgehead atoms. The number of hydrogen-bond acceptors (Lipinski definition) is 1. The summed E-state index contributed by atoms with van der Waals surface area (Å²) in [6, 6.07) is 0. The molecular weight excluding hydrogens is 158 g/mol. The molecule has 0 amide bonds. The van der Waals surface area contributed by atoms with Crippen LogP contribution in [0.25, 0.3) is 0 Å². The molecule has 1 N–H and O–H groups in total. The second-order valence-corrected chi connectivity index (χ2v) is 3.23. The highest BCUT2D eigenvalue weighted by atomic mass is 14.8. The van der Waals surface area contributed by atoms with Gasteiger partial charge in [-0.25, -0.2) is 0 Å². The molecular formula is C12H29N. The fourth-order valence-electron chi connectivity index (χ4n) is 1.79. The van der Waals surface area contributed by atoms with Crippen LogP contribution >= 0.6 is 0 Å². The predicted octanol–water partition coefficient (Wildman–Crippen LogP) is 3.69. The SMILES string of the molecule is CC.CC.CNCC1CCCC1C. The van der Waals surface area contributed by atoms with Gasteiger partial charge in [0.1, 0.15) is 0 Å². The van der Waals surface area contributed by atoms with Crippen LogP contribution in [0.1, 0.15) is 53.9 Å². The van der Waals surface area contributed by atoms with Gasteiger partial charge in [-0.05, 0) is 31.8 Å². The largest absolute Gasteiger partial charge is 0.319 e. The molecule has 82 valence electrons. The third kappa shape index (κ3) is 7.06. The molecule has 0 spiro atoms. The topological polar surface area (TPSA) is 12.0 Å². The Morgan fingerprint density at radius 2 is 1.62 bits per heavy atom. The molecule has 0 aliphatic heterocycles. The fraction of sp³-hybridized carbons (Fsp3) is 1.00. The highest BCUT2D eigenvalue weighted by Crippen LogP contribution is 2.30.